The highest BCUT2D eigenvalue weighted by Gasteiger charge is 2.23. The lowest BCUT2D eigenvalue weighted by atomic mass is 10.1. The Labute approximate surface area is 151 Å². The molecule has 0 unspecified atom stereocenters. The number of rotatable bonds is 2. The van der Waals surface area contributed by atoms with Gasteiger partial charge in [0.2, 0.25) is 0 Å². The quantitative estimate of drug-likeness (QED) is 0.560. The van der Waals surface area contributed by atoms with Crippen LogP contribution in [0.1, 0.15) is 11.6 Å². The molecule has 6 heteroatoms. The second kappa shape index (κ2) is 5.91. The van der Waals surface area contributed by atoms with Crippen LogP contribution in [0, 0.1) is 6.92 Å². The van der Waals surface area contributed by atoms with Crippen LogP contribution in [0.15, 0.2) is 54.6 Å². The van der Waals surface area contributed by atoms with E-state index in [2.05, 4.69) is 25.7 Å². The van der Waals surface area contributed by atoms with Gasteiger partial charge >= 0.3 is 0 Å². The number of anilines is 1. The fourth-order valence-corrected chi connectivity index (χ4v) is 3.50. The number of benzene rings is 2. The molecule has 2 aromatic heterocycles. The lowest BCUT2D eigenvalue weighted by Crippen LogP contribution is -2.35. The maximum Gasteiger partial charge on any atom is 0.162 e. The summed E-state index contributed by atoms with van der Waals surface area (Å²) >= 11 is 0. The largest absolute Gasteiger partial charge is 0.347 e. The standard InChI is InChI=1S/C20H18N6/c1-14-23-24-18-13-25(11-12-26(14)18)20-16-9-5-6-10-17(16)21-19(22-20)15-7-3-2-4-8-15/h2-10H,11-13H2,1H3. The third-order valence-electron chi connectivity index (χ3n) is 4.85. The average molecular weight is 342 g/mol. The molecule has 3 heterocycles. The molecule has 26 heavy (non-hydrogen) atoms. The van der Waals surface area contributed by atoms with Gasteiger partial charge in [0.05, 0.1) is 12.1 Å². The Kier molecular flexibility index (Phi) is 3.41. The lowest BCUT2D eigenvalue weighted by molar-refractivity contribution is 0.548. The van der Waals surface area contributed by atoms with Gasteiger partial charge in [-0.15, -0.1) is 10.2 Å². The summed E-state index contributed by atoms with van der Waals surface area (Å²) in [6.07, 6.45) is 0. The van der Waals surface area contributed by atoms with Crippen LogP contribution in [0.25, 0.3) is 22.3 Å². The molecule has 5 rings (SSSR count). The van der Waals surface area contributed by atoms with Crippen molar-refractivity contribution in [3.8, 4) is 11.4 Å². The van der Waals surface area contributed by atoms with Gasteiger partial charge in [0.1, 0.15) is 11.6 Å². The molecule has 0 radical (unpaired) electrons. The van der Waals surface area contributed by atoms with Crippen LogP contribution in [0.4, 0.5) is 5.82 Å². The molecule has 0 atom stereocenters. The van der Waals surface area contributed by atoms with E-state index < -0.39 is 0 Å². The van der Waals surface area contributed by atoms with Gasteiger partial charge in [0.25, 0.3) is 0 Å². The molecule has 0 saturated carbocycles. The van der Waals surface area contributed by atoms with E-state index in [0.717, 1.165) is 52.8 Å². The first-order valence-electron chi connectivity index (χ1n) is 8.75. The van der Waals surface area contributed by atoms with Crippen molar-refractivity contribution in [2.75, 3.05) is 11.4 Å². The molecule has 0 fully saturated rings. The van der Waals surface area contributed by atoms with Gasteiger partial charge in [-0.2, -0.15) is 0 Å². The normalized spacial score (nSPS) is 13.8. The molecule has 0 amide bonds. The van der Waals surface area contributed by atoms with Crippen molar-refractivity contribution in [1.29, 1.82) is 0 Å². The van der Waals surface area contributed by atoms with Crippen molar-refractivity contribution in [1.82, 2.24) is 24.7 Å². The van der Waals surface area contributed by atoms with E-state index >= 15 is 0 Å². The summed E-state index contributed by atoms with van der Waals surface area (Å²) in [6.45, 7) is 4.45. The Morgan fingerprint density at radius 2 is 1.65 bits per heavy atom. The zero-order valence-corrected chi connectivity index (χ0v) is 14.5. The first kappa shape index (κ1) is 15.0. The number of fused-ring (bicyclic) bond motifs is 2. The average Bonchev–Trinajstić information content (AvgIpc) is 3.08. The minimum absolute atomic E-state index is 0.704. The molecule has 2 aromatic carbocycles. The molecular formula is C20H18N6. The van der Waals surface area contributed by atoms with Crippen molar-refractivity contribution in [2.24, 2.45) is 0 Å². The van der Waals surface area contributed by atoms with E-state index in [0.29, 0.717) is 6.54 Å². The fourth-order valence-electron chi connectivity index (χ4n) is 3.50. The van der Waals surface area contributed by atoms with Crippen LogP contribution < -0.4 is 4.90 Å². The molecule has 0 spiro atoms. The van der Waals surface area contributed by atoms with E-state index in [1.165, 1.54) is 0 Å². The molecule has 1 aliphatic heterocycles. The van der Waals surface area contributed by atoms with Gasteiger partial charge in [-0.05, 0) is 19.1 Å². The highest BCUT2D eigenvalue weighted by molar-refractivity contribution is 5.91. The highest BCUT2D eigenvalue weighted by atomic mass is 15.3. The topological polar surface area (TPSA) is 59.7 Å². The maximum atomic E-state index is 4.93. The first-order chi connectivity index (χ1) is 12.8. The van der Waals surface area contributed by atoms with Crippen LogP contribution in [0.2, 0.25) is 0 Å². The molecule has 0 saturated heterocycles. The third kappa shape index (κ3) is 2.42. The van der Waals surface area contributed by atoms with Crippen molar-refractivity contribution < 1.29 is 0 Å². The Morgan fingerprint density at radius 1 is 0.846 bits per heavy atom. The fraction of sp³-hybridized carbons (Fsp3) is 0.200. The Morgan fingerprint density at radius 3 is 2.54 bits per heavy atom. The number of aryl methyl sites for hydroxylation is 1. The van der Waals surface area contributed by atoms with Crippen LogP contribution in [0.3, 0.4) is 0 Å². The smallest absolute Gasteiger partial charge is 0.162 e. The summed E-state index contributed by atoms with van der Waals surface area (Å²) in [5, 5.41) is 9.59. The molecule has 0 bridgehead atoms. The Bertz CT molecular complexity index is 1090. The minimum Gasteiger partial charge on any atom is -0.347 e. The van der Waals surface area contributed by atoms with Crippen molar-refractivity contribution in [3.63, 3.8) is 0 Å². The van der Waals surface area contributed by atoms with Gasteiger partial charge in [-0.3, -0.25) is 0 Å². The molecule has 1 aliphatic rings. The number of nitrogens with zero attached hydrogens (tertiary/aromatic N) is 6. The van der Waals surface area contributed by atoms with Gasteiger partial charge < -0.3 is 9.47 Å². The van der Waals surface area contributed by atoms with E-state index in [-0.39, 0.29) is 0 Å². The number of para-hydroxylation sites is 1. The van der Waals surface area contributed by atoms with Crippen LogP contribution >= 0.6 is 0 Å². The van der Waals surface area contributed by atoms with Gasteiger partial charge in [-0.25, -0.2) is 9.97 Å². The predicted molar refractivity (Wildman–Crippen MR) is 101 cm³/mol. The number of aromatic nitrogens is 5. The van der Waals surface area contributed by atoms with Gasteiger partial charge in [0, 0.05) is 24.0 Å². The minimum atomic E-state index is 0.704. The van der Waals surface area contributed by atoms with Crippen molar-refractivity contribution in [2.45, 2.75) is 20.0 Å². The molecule has 128 valence electrons. The summed E-state index contributed by atoms with van der Waals surface area (Å²) in [7, 11) is 0. The lowest BCUT2D eigenvalue weighted by Gasteiger charge is -2.29. The molecule has 4 aromatic rings. The van der Waals surface area contributed by atoms with E-state index in [1.54, 1.807) is 0 Å². The summed E-state index contributed by atoms with van der Waals surface area (Å²) in [5.74, 6) is 3.67. The van der Waals surface area contributed by atoms with Crippen LogP contribution in [-0.2, 0) is 13.1 Å². The molecule has 6 nitrogen and oxygen atoms in total. The van der Waals surface area contributed by atoms with Gasteiger partial charge in [0.15, 0.2) is 11.6 Å². The summed E-state index contributed by atoms with van der Waals surface area (Å²) < 4.78 is 2.18. The Balaban J connectivity index is 1.65. The second-order valence-corrected chi connectivity index (χ2v) is 6.49. The molecule has 0 N–H and O–H groups in total. The summed E-state index contributed by atoms with van der Waals surface area (Å²) in [4.78, 5) is 12.0. The SMILES string of the molecule is Cc1nnc2n1CCN(c1nc(-c3ccccc3)nc3ccccc13)C2. The molecular weight excluding hydrogens is 324 g/mol. The summed E-state index contributed by atoms with van der Waals surface area (Å²) in [5.41, 5.74) is 1.98. The number of hydrogen-bond acceptors (Lipinski definition) is 5. The van der Waals surface area contributed by atoms with Crippen LogP contribution in [0.5, 0.6) is 0 Å². The predicted octanol–water partition coefficient (Wildman–Crippen LogP) is 3.22. The molecule has 0 aliphatic carbocycles. The Hall–Kier alpha value is -3.28. The van der Waals surface area contributed by atoms with Crippen LogP contribution in [-0.4, -0.2) is 31.3 Å². The summed E-state index contributed by atoms with van der Waals surface area (Å²) in [6, 6.07) is 18.3. The second-order valence-electron chi connectivity index (χ2n) is 6.49. The van der Waals surface area contributed by atoms with E-state index in [4.69, 9.17) is 9.97 Å². The number of hydrogen-bond donors (Lipinski definition) is 0. The highest BCUT2D eigenvalue weighted by Crippen LogP contribution is 2.29. The first-order valence-corrected chi connectivity index (χ1v) is 8.75. The monoisotopic (exact) mass is 342 g/mol. The maximum absolute atomic E-state index is 4.93. The van der Waals surface area contributed by atoms with E-state index in [1.807, 2.05) is 55.5 Å². The van der Waals surface area contributed by atoms with Gasteiger partial charge in [-0.1, -0.05) is 42.5 Å². The zero-order valence-electron chi connectivity index (χ0n) is 14.5. The third-order valence-corrected chi connectivity index (χ3v) is 4.85. The van der Waals surface area contributed by atoms with Crippen molar-refractivity contribution >= 4 is 16.7 Å². The zero-order chi connectivity index (χ0) is 17.5. The van der Waals surface area contributed by atoms with E-state index in [9.17, 15) is 0 Å². The van der Waals surface area contributed by atoms with Crippen molar-refractivity contribution in [3.05, 3.63) is 66.2 Å².